The number of hydrogen-bond donors (Lipinski definition) is 2. The molecule has 2 atom stereocenters. The second-order valence-electron chi connectivity index (χ2n) is 4.24. The zero-order valence-electron chi connectivity index (χ0n) is 11.1. The third-order valence-electron chi connectivity index (χ3n) is 2.68. The smallest absolute Gasteiger partial charge is 0.361 e. The van der Waals surface area contributed by atoms with E-state index in [-0.39, 0.29) is 0 Å². The standard InChI is InChI=1S/C14H12Cl2O5P/c15-11-5-1-9(2-6-11)13(17)20-22(19)21-14(18)10-3-7-12(16)8-4-10/h1-8,13-14,17-18H/q+1. The Morgan fingerprint density at radius 1 is 0.773 bits per heavy atom. The van der Waals surface area contributed by atoms with Gasteiger partial charge in [0.1, 0.15) is 0 Å². The van der Waals surface area contributed by atoms with Gasteiger partial charge in [-0.2, -0.15) is 0 Å². The lowest BCUT2D eigenvalue weighted by molar-refractivity contribution is -0.0619. The molecule has 22 heavy (non-hydrogen) atoms. The molecule has 0 aliphatic carbocycles. The van der Waals surface area contributed by atoms with Gasteiger partial charge in [0, 0.05) is 25.7 Å². The van der Waals surface area contributed by atoms with Crippen LogP contribution in [-0.4, -0.2) is 10.2 Å². The Balaban J connectivity index is 1.91. The summed E-state index contributed by atoms with van der Waals surface area (Å²) in [6.45, 7) is 0. The molecule has 2 unspecified atom stereocenters. The van der Waals surface area contributed by atoms with E-state index < -0.39 is 20.8 Å². The maximum atomic E-state index is 11.7. The van der Waals surface area contributed by atoms with Crippen molar-refractivity contribution in [3.63, 3.8) is 0 Å². The third-order valence-corrected chi connectivity index (χ3v) is 3.93. The molecule has 116 valence electrons. The van der Waals surface area contributed by atoms with Crippen LogP contribution in [0.2, 0.25) is 10.0 Å². The van der Waals surface area contributed by atoms with Crippen molar-refractivity contribution in [3.05, 3.63) is 69.7 Å². The summed E-state index contributed by atoms with van der Waals surface area (Å²) in [6.07, 6.45) is -2.92. The van der Waals surface area contributed by atoms with Crippen LogP contribution in [0.25, 0.3) is 0 Å². The van der Waals surface area contributed by atoms with Crippen molar-refractivity contribution in [1.82, 2.24) is 0 Å². The maximum Gasteiger partial charge on any atom is 0.703 e. The summed E-state index contributed by atoms with van der Waals surface area (Å²) >= 11 is 11.4. The van der Waals surface area contributed by atoms with Gasteiger partial charge in [-0.15, -0.1) is 0 Å². The molecular formula is C14H12Cl2O5P+. The lowest BCUT2D eigenvalue weighted by Crippen LogP contribution is -2.02. The summed E-state index contributed by atoms with van der Waals surface area (Å²) in [5, 5.41) is 20.5. The number of rotatable bonds is 6. The number of aliphatic hydroxyl groups excluding tert-OH is 2. The summed E-state index contributed by atoms with van der Waals surface area (Å²) < 4.78 is 21.3. The van der Waals surface area contributed by atoms with E-state index >= 15 is 0 Å². The summed E-state index contributed by atoms with van der Waals surface area (Å²) in [7, 11) is -2.74. The first-order valence-corrected chi connectivity index (χ1v) is 7.98. The normalized spacial score (nSPS) is 14.5. The number of aliphatic hydroxyl groups is 2. The molecule has 2 aromatic carbocycles. The minimum absolute atomic E-state index is 0.359. The molecular weight excluding hydrogens is 350 g/mol. The van der Waals surface area contributed by atoms with E-state index in [0.29, 0.717) is 21.2 Å². The highest BCUT2D eigenvalue weighted by Crippen LogP contribution is 2.36. The molecule has 0 saturated carbocycles. The average molecular weight is 362 g/mol. The van der Waals surface area contributed by atoms with Crippen LogP contribution in [0.5, 0.6) is 0 Å². The summed E-state index contributed by atoms with van der Waals surface area (Å²) in [5.41, 5.74) is 0.717. The second-order valence-corrected chi connectivity index (χ2v) is 5.98. The molecule has 0 fully saturated rings. The van der Waals surface area contributed by atoms with Gasteiger partial charge in [0.05, 0.1) is 0 Å². The summed E-state index contributed by atoms with van der Waals surface area (Å²) in [5.74, 6) is 0. The Labute approximate surface area is 138 Å². The minimum Gasteiger partial charge on any atom is -0.361 e. The van der Waals surface area contributed by atoms with Crippen LogP contribution in [0.1, 0.15) is 23.7 Å². The Kier molecular flexibility index (Phi) is 6.29. The van der Waals surface area contributed by atoms with E-state index in [1.165, 1.54) is 24.3 Å². The van der Waals surface area contributed by atoms with Gasteiger partial charge < -0.3 is 10.2 Å². The molecule has 5 nitrogen and oxygen atoms in total. The number of hydrogen-bond acceptors (Lipinski definition) is 5. The van der Waals surface area contributed by atoms with E-state index in [1.54, 1.807) is 24.3 Å². The van der Waals surface area contributed by atoms with Gasteiger partial charge in [-0.05, 0) is 24.3 Å². The zero-order chi connectivity index (χ0) is 16.1. The van der Waals surface area contributed by atoms with E-state index in [0.717, 1.165) is 0 Å². The second kappa shape index (κ2) is 7.99. The Hall–Kier alpha value is -1.04. The molecule has 0 aromatic heterocycles. The number of benzene rings is 2. The van der Waals surface area contributed by atoms with Gasteiger partial charge in [0.2, 0.25) is 12.6 Å². The predicted octanol–water partition coefficient (Wildman–Crippen LogP) is 4.37. The summed E-state index contributed by atoms with van der Waals surface area (Å²) in [4.78, 5) is 0. The van der Waals surface area contributed by atoms with Crippen LogP contribution in [-0.2, 0) is 13.6 Å². The molecule has 0 amide bonds. The highest BCUT2D eigenvalue weighted by atomic mass is 35.5. The van der Waals surface area contributed by atoms with E-state index in [2.05, 4.69) is 0 Å². The van der Waals surface area contributed by atoms with Gasteiger partial charge in [-0.1, -0.05) is 56.5 Å². The van der Waals surface area contributed by atoms with Gasteiger partial charge in [-0.3, -0.25) is 0 Å². The molecule has 0 radical (unpaired) electrons. The fourth-order valence-corrected chi connectivity index (χ4v) is 2.44. The minimum atomic E-state index is -2.74. The van der Waals surface area contributed by atoms with Crippen molar-refractivity contribution in [3.8, 4) is 0 Å². The Morgan fingerprint density at radius 3 is 1.41 bits per heavy atom. The monoisotopic (exact) mass is 361 g/mol. The quantitative estimate of drug-likeness (QED) is 0.590. The van der Waals surface area contributed by atoms with Crippen LogP contribution in [0.15, 0.2) is 48.5 Å². The fourth-order valence-electron chi connectivity index (χ4n) is 1.56. The largest absolute Gasteiger partial charge is 0.703 e. The molecule has 2 rings (SSSR count). The van der Waals surface area contributed by atoms with Crippen molar-refractivity contribution in [1.29, 1.82) is 0 Å². The maximum absolute atomic E-state index is 11.7. The van der Waals surface area contributed by atoms with Crippen molar-refractivity contribution in [2.24, 2.45) is 0 Å². The van der Waals surface area contributed by atoms with Crippen LogP contribution in [0.4, 0.5) is 0 Å². The molecule has 0 saturated heterocycles. The Bertz CT molecular complexity index is 577. The van der Waals surface area contributed by atoms with Gasteiger partial charge in [0.15, 0.2) is 0 Å². The number of halogens is 2. The first-order valence-electron chi connectivity index (χ1n) is 6.13. The molecule has 0 aliphatic rings. The topological polar surface area (TPSA) is 76.0 Å². The molecule has 0 heterocycles. The fraction of sp³-hybridized carbons (Fsp3) is 0.143. The highest BCUT2D eigenvalue weighted by molar-refractivity contribution is 7.33. The SMILES string of the molecule is O=[P+](OC(O)c1ccc(Cl)cc1)OC(O)c1ccc(Cl)cc1. The van der Waals surface area contributed by atoms with Crippen molar-refractivity contribution in [2.45, 2.75) is 12.6 Å². The molecule has 8 heteroatoms. The molecule has 0 spiro atoms. The molecule has 0 bridgehead atoms. The first-order chi connectivity index (χ1) is 10.5. The van der Waals surface area contributed by atoms with Crippen LogP contribution in [0.3, 0.4) is 0 Å². The van der Waals surface area contributed by atoms with Gasteiger partial charge in [-0.25, -0.2) is 0 Å². The van der Waals surface area contributed by atoms with Crippen LogP contribution >= 0.6 is 31.5 Å². The van der Waals surface area contributed by atoms with E-state index in [9.17, 15) is 14.8 Å². The van der Waals surface area contributed by atoms with Crippen LogP contribution in [0, 0.1) is 0 Å². The highest BCUT2D eigenvalue weighted by Gasteiger charge is 2.31. The van der Waals surface area contributed by atoms with Gasteiger partial charge >= 0.3 is 8.25 Å². The lowest BCUT2D eigenvalue weighted by Gasteiger charge is -2.06. The predicted molar refractivity (Wildman–Crippen MR) is 82.6 cm³/mol. The van der Waals surface area contributed by atoms with E-state index in [1.807, 2.05) is 0 Å². The molecule has 0 aliphatic heterocycles. The van der Waals surface area contributed by atoms with Crippen molar-refractivity contribution >= 4 is 31.5 Å². The molecule has 2 aromatic rings. The lowest BCUT2D eigenvalue weighted by atomic mass is 10.2. The van der Waals surface area contributed by atoms with Crippen LogP contribution < -0.4 is 0 Å². The van der Waals surface area contributed by atoms with Crippen molar-refractivity contribution in [2.75, 3.05) is 0 Å². The third kappa shape index (κ3) is 5.00. The Morgan fingerprint density at radius 2 is 1.09 bits per heavy atom. The first kappa shape index (κ1) is 17.3. The summed E-state index contributed by atoms with van der Waals surface area (Å²) in [6, 6.07) is 12.3. The van der Waals surface area contributed by atoms with Gasteiger partial charge in [0.25, 0.3) is 0 Å². The van der Waals surface area contributed by atoms with Crippen molar-refractivity contribution < 1.29 is 23.8 Å². The average Bonchev–Trinajstić information content (AvgIpc) is 2.48. The van der Waals surface area contributed by atoms with E-state index in [4.69, 9.17) is 32.2 Å². The zero-order valence-corrected chi connectivity index (χ0v) is 13.5. The molecule has 2 N–H and O–H groups in total.